The molecule has 0 unspecified atom stereocenters. The molecule has 1 N–H and O–H groups in total. The SMILES string of the molecule is COc1ccc(CN(Cc2ccccc2)C(=O)Nc2cccc(C(F)(F)F)c2)cc1OCc1ccccc1. The Morgan fingerprint density at radius 3 is 2.08 bits per heavy atom. The van der Waals surface area contributed by atoms with Crippen LogP contribution in [-0.2, 0) is 25.9 Å². The summed E-state index contributed by atoms with van der Waals surface area (Å²) in [6, 6.07) is 28.5. The third kappa shape index (κ3) is 7.29. The molecule has 0 spiro atoms. The maximum Gasteiger partial charge on any atom is 0.416 e. The van der Waals surface area contributed by atoms with Gasteiger partial charge in [0.1, 0.15) is 6.61 Å². The van der Waals surface area contributed by atoms with Gasteiger partial charge in [-0.3, -0.25) is 0 Å². The summed E-state index contributed by atoms with van der Waals surface area (Å²) in [6.07, 6.45) is -4.51. The van der Waals surface area contributed by atoms with E-state index in [1.165, 1.54) is 17.0 Å². The molecule has 0 aromatic heterocycles. The van der Waals surface area contributed by atoms with Gasteiger partial charge in [0.25, 0.3) is 0 Å². The van der Waals surface area contributed by atoms with Crippen molar-refractivity contribution in [2.45, 2.75) is 25.9 Å². The van der Waals surface area contributed by atoms with Crippen LogP contribution in [-0.4, -0.2) is 18.0 Å². The van der Waals surface area contributed by atoms with Gasteiger partial charge in [-0.25, -0.2) is 4.79 Å². The lowest BCUT2D eigenvalue weighted by atomic mass is 10.1. The van der Waals surface area contributed by atoms with E-state index in [0.717, 1.165) is 28.8 Å². The van der Waals surface area contributed by atoms with Crippen molar-refractivity contribution in [3.63, 3.8) is 0 Å². The number of nitrogens with zero attached hydrogens (tertiary/aromatic N) is 1. The third-order valence-electron chi connectivity index (χ3n) is 5.78. The largest absolute Gasteiger partial charge is 0.493 e. The van der Waals surface area contributed by atoms with Gasteiger partial charge >= 0.3 is 12.2 Å². The number of alkyl halides is 3. The zero-order valence-corrected chi connectivity index (χ0v) is 20.7. The minimum Gasteiger partial charge on any atom is -0.493 e. The van der Waals surface area contributed by atoms with Crippen molar-refractivity contribution >= 4 is 11.7 Å². The molecule has 4 aromatic carbocycles. The topological polar surface area (TPSA) is 50.8 Å². The van der Waals surface area contributed by atoms with Gasteiger partial charge in [-0.05, 0) is 47.0 Å². The Labute approximate surface area is 219 Å². The average molecular weight is 521 g/mol. The Morgan fingerprint density at radius 1 is 0.763 bits per heavy atom. The Morgan fingerprint density at radius 2 is 1.42 bits per heavy atom. The number of nitrogens with one attached hydrogen (secondary N) is 1. The molecular formula is C30H27F3N2O3. The van der Waals surface area contributed by atoms with Crippen LogP contribution in [0.3, 0.4) is 0 Å². The van der Waals surface area contributed by atoms with Crippen LogP contribution in [0.4, 0.5) is 23.7 Å². The number of methoxy groups -OCH3 is 1. The van der Waals surface area contributed by atoms with Gasteiger partial charge in [0.15, 0.2) is 11.5 Å². The predicted molar refractivity (Wildman–Crippen MR) is 140 cm³/mol. The van der Waals surface area contributed by atoms with Crippen LogP contribution in [0.5, 0.6) is 11.5 Å². The van der Waals surface area contributed by atoms with Crippen LogP contribution in [0, 0.1) is 0 Å². The highest BCUT2D eigenvalue weighted by molar-refractivity contribution is 5.89. The first-order valence-corrected chi connectivity index (χ1v) is 11.9. The van der Waals surface area contributed by atoms with Crippen molar-refractivity contribution < 1.29 is 27.4 Å². The molecule has 0 atom stereocenters. The molecule has 0 aliphatic carbocycles. The van der Waals surface area contributed by atoms with Gasteiger partial charge < -0.3 is 19.7 Å². The fourth-order valence-electron chi connectivity index (χ4n) is 3.87. The minimum absolute atomic E-state index is 0.0597. The molecule has 0 fully saturated rings. The lowest BCUT2D eigenvalue weighted by Gasteiger charge is -2.24. The molecule has 38 heavy (non-hydrogen) atoms. The quantitative estimate of drug-likeness (QED) is 0.248. The van der Waals surface area contributed by atoms with E-state index in [-0.39, 0.29) is 18.8 Å². The maximum absolute atomic E-state index is 13.3. The van der Waals surface area contributed by atoms with Crippen LogP contribution in [0.1, 0.15) is 22.3 Å². The van der Waals surface area contributed by atoms with Crippen molar-refractivity contribution in [2.24, 2.45) is 0 Å². The Balaban J connectivity index is 1.56. The number of amides is 2. The number of benzene rings is 4. The van der Waals surface area contributed by atoms with Gasteiger partial charge in [0, 0.05) is 18.8 Å². The fraction of sp³-hybridized carbons (Fsp3) is 0.167. The van der Waals surface area contributed by atoms with E-state index in [2.05, 4.69) is 5.32 Å². The number of halogens is 3. The highest BCUT2D eigenvalue weighted by Gasteiger charge is 2.30. The standard InChI is InChI=1S/C30H27F3N2O3/c1-37-27-16-15-24(17-28(27)38-21-23-11-6-3-7-12-23)20-35(19-22-9-4-2-5-10-22)29(36)34-26-14-8-13-25(18-26)30(31,32)33/h2-18H,19-21H2,1H3,(H,34,36). The predicted octanol–water partition coefficient (Wildman–Crippen LogP) is 7.53. The smallest absolute Gasteiger partial charge is 0.416 e. The molecule has 0 bridgehead atoms. The highest BCUT2D eigenvalue weighted by Crippen LogP contribution is 2.32. The molecule has 0 aliphatic rings. The molecule has 196 valence electrons. The van der Waals surface area contributed by atoms with Gasteiger partial charge in [-0.2, -0.15) is 13.2 Å². The summed E-state index contributed by atoms with van der Waals surface area (Å²) in [4.78, 5) is 14.8. The number of carbonyl (C=O) groups excluding carboxylic acids is 1. The van der Waals surface area contributed by atoms with E-state index in [9.17, 15) is 18.0 Å². The van der Waals surface area contributed by atoms with Crippen LogP contribution in [0.25, 0.3) is 0 Å². The minimum atomic E-state index is -4.51. The second-order valence-corrected chi connectivity index (χ2v) is 8.61. The number of hydrogen-bond donors (Lipinski definition) is 1. The summed E-state index contributed by atoms with van der Waals surface area (Å²) >= 11 is 0. The van der Waals surface area contributed by atoms with Crippen molar-refractivity contribution in [3.8, 4) is 11.5 Å². The molecule has 0 saturated carbocycles. The van der Waals surface area contributed by atoms with Crippen molar-refractivity contribution in [1.82, 2.24) is 4.90 Å². The number of carbonyl (C=O) groups is 1. The molecule has 0 radical (unpaired) electrons. The second-order valence-electron chi connectivity index (χ2n) is 8.61. The Hall–Kier alpha value is -4.46. The Kier molecular flexibility index (Phi) is 8.53. The van der Waals surface area contributed by atoms with Crippen LogP contribution in [0.2, 0.25) is 0 Å². The van der Waals surface area contributed by atoms with E-state index < -0.39 is 17.8 Å². The molecule has 8 heteroatoms. The normalized spacial score (nSPS) is 11.1. The first kappa shape index (κ1) is 26.6. The summed E-state index contributed by atoms with van der Waals surface area (Å²) in [5, 5.41) is 2.61. The monoisotopic (exact) mass is 520 g/mol. The fourth-order valence-corrected chi connectivity index (χ4v) is 3.87. The molecule has 0 saturated heterocycles. The van der Waals surface area contributed by atoms with Crippen LogP contribution in [0.15, 0.2) is 103 Å². The highest BCUT2D eigenvalue weighted by atomic mass is 19.4. The molecule has 0 heterocycles. The van der Waals surface area contributed by atoms with E-state index in [1.807, 2.05) is 66.7 Å². The molecule has 4 aromatic rings. The summed E-state index contributed by atoms with van der Waals surface area (Å²) in [6.45, 7) is 0.771. The van der Waals surface area contributed by atoms with Crippen LogP contribution < -0.4 is 14.8 Å². The number of hydrogen-bond acceptors (Lipinski definition) is 3. The van der Waals surface area contributed by atoms with E-state index >= 15 is 0 Å². The molecule has 0 aliphatic heterocycles. The number of anilines is 1. The van der Waals surface area contributed by atoms with Crippen molar-refractivity contribution in [3.05, 3.63) is 125 Å². The van der Waals surface area contributed by atoms with Crippen molar-refractivity contribution in [1.29, 1.82) is 0 Å². The summed E-state index contributed by atoms with van der Waals surface area (Å²) in [7, 11) is 1.55. The number of rotatable bonds is 9. The summed E-state index contributed by atoms with van der Waals surface area (Å²) in [5.41, 5.74) is 1.86. The van der Waals surface area contributed by atoms with Gasteiger partial charge in [-0.15, -0.1) is 0 Å². The number of ether oxygens (including phenoxy) is 2. The van der Waals surface area contributed by atoms with E-state index in [1.54, 1.807) is 19.2 Å². The van der Waals surface area contributed by atoms with E-state index in [4.69, 9.17) is 9.47 Å². The molecule has 5 nitrogen and oxygen atoms in total. The number of urea groups is 1. The molecular weight excluding hydrogens is 493 g/mol. The van der Waals surface area contributed by atoms with Crippen molar-refractivity contribution in [2.75, 3.05) is 12.4 Å². The van der Waals surface area contributed by atoms with Gasteiger partial charge in [0.05, 0.1) is 12.7 Å². The first-order chi connectivity index (χ1) is 18.3. The molecule has 2 amide bonds. The third-order valence-corrected chi connectivity index (χ3v) is 5.78. The van der Waals surface area contributed by atoms with Gasteiger partial charge in [-0.1, -0.05) is 72.8 Å². The van der Waals surface area contributed by atoms with E-state index in [0.29, 0.717) is 18.1 Å². The lowest BCUT2D eigenvalue weighted by molar-refractivity contribution is -0.137. The Bertz CT molecular complexity index is 1350. The summed E-state index contributed by atoms with van der Waals surface area (Å²) < 4.78 is 50.9. The maximum atomic E-state index is 13.3. The molecule has 4 rings (SSSR count). The lowest BCUT2D eigenvalue weighted by Crippen LogP contribution is -2.34. The van der Waals surface area contributed by atoms with Gasteiger partial charge in [0.2, 0.25) is 0 Å². The van der Waals surface area contributed by atoms with Crippen LogP contribution >= 0.6 is 0 Å². The summed E-state index contributed by atoms with van der Waals surface area (Å²) in [5.74, 6) is 1.07. The average Bonchev–Trinajstić information content (AvgIpc) is 2.92. The zero-order chi connectivity index (χ0) is 27.0. The first-order valence-electron chi connectivity index (χ1n) is 11.9. The zero-order valence-electron chi connectivity index (χ0n) is 20.7. The second kappa shape index (κ2) is 12.2.